The molecule has 0 saturated carbocycles. The summed E-state index contributed by atoms with van der Waals surface area (Å²) in [5.74, 6) is -4.10. The summed E-state index contributed by atoms with van der Waals surface area (Å²) in [6.07, 6.45) is -5.53. The number of hydrogen-bond donors (Lipinski definition) is 0. The molecule has 0 fully saturated rings. The maximum absolute atomic E-state index is 13.5. The van der Waals surface area contributed by atoms with Crippen molar-refractivity contribution in [2.24, 2.45) is 0 Å². The van der Waals surface area contributed by atoms with Crippen molar-refractivity contribution < 1.29 is 31.2 Å². The van der Waals surface area contributed by atoms with Gasteiger partial charge in [0.1, 0.15) is 0 Å². The van der Waals surface area contributed by atoms with Crippen molar-refractivity contribution in [1.29, 1.82) is 0 Å². The van der Waals surface area contributed by atoms with E-state index in [1.54, 1.807) is 6.92 Å². The summed E-state index contributed by atoms with van der Waals surface area (Å²) in [7, 11) is -4.81. The van der Waals surface area contributed by atoms with E-state index in [0.717, 1.165) is 0 Å². The van der Waals surface area contributed by atoms with E-state index in [2.05, 4.69) is 0 Å². The van der Waals surface area contributed by atoms with Crippen molar-refractivity contribution in [2.45, 2.75) is 18.0 Å². The minimum atomic E-state index is -5.53. The van der Waals surface area contributed by atoms with Gasteiger partial charge in [-0.3, -0.25) is 9.59 Å². The van der Waals surface area contributed by atoms with Crippen LogP contribution in [0, 0.1) is 6.92 Å². The zero-order chi connectivity index (χ0) is 23.5. The van der Waals surface area contributed by atoms with Crippen LogP contribution in [0.15, 0.2) is 89.8 Å². The third-order valence-corrected chi connectivity index (χ3v) is 6.05. The Balaban J connectivity index is 2.28. The second-order valence-electron chi connectivity index (χ2n) is 6.68. The van der Waals surface area contributed by atoms with E-state index >= 15 is 0 Å². The fourth-order valence-electron chi connectivity index (χ4n) is 2.81. The van der Waals surface area contributed by atoms with Crippen molar-refractivity contribution >= 4 is 27.5 Å². The molecule has 0 heterocycles. The number of benzene rings is 3. The quantitative estimate of drug-likeness (QED) is 0.529. The molecule has 0 aliphatic rings. The molecule has 2 amide bonds. The van der Waals surface area contributed by atoms with Crippen LogP contribution in [0.5, 0.6) is 0 Å². The Morgan fingerprint density at radius 2 is 1.28 bits per heavy atom. The number of amides is 2. The normalized spacial score (nSPS) is 11.6. The highest BCUT2D eigenvalue weighted by atomic mass is 32.2. The second kappa shape index (κ2) is 8.83. The Bertz CT molecular complexity index is 1210. The molecule has 0 unspecified atom stereocenters. The fraction of sp³-hybridized carbons (Fsp3) is 0.0909. The Morgan fingerprint density at radius 3 is 1.78 bits per heavy atom. The molecule has 0 saturated heterocycles. The smallest absolute Gasteiger partial charge is 0.267 e. The number of sulfonamides is 1. The number of hydrazine groups is 1. The van der Waals surface area contributed by atoms with Crippen LogP contribution in [-0.4, -0.2) is 31.4 Å². The van der Waals surface area contributed by atoms with E-state index < -0.39 is 32.9 Å². The number of para-hydroxylation sites is 1. The van der Waals surface area contributed by atoms with E-state index in [1.807, 2.05) is 0 Å². The molecule has 0 aromatic heterocycles. The predicted molar refractivity (Wildman–Crippen MR) is 111 cm³/mol. The van der Waals surface area contributed by atoms with Gasteiger partial charge in [0.2, 0.25) is 0 Å². The molecular formula is C22H17F3N2O4S. The number of hydrogen-bond acceptors (Lipinski definition) is 4. The molecule has 3 rings (SSSR count). The van der Waals surface area contributed by atoms with Crippen LogP contribution in [0.1, 0.15) is 15.9 Å². The van der Waals surface area contributed by atoms with Gasteiger partial charge in [-0.1, -0.05) is 54.1 Å². The summed E-state index contributed by atoms with van der Waals surface area (Å²) in [6.45, 7) is 1.70. The van der Waals surface area contributed by atoms with Gasteiger partial charge in [-0.2, -0.15) is 31.0 Å². The average Bonchev–Trinajstić information content (AvgIpc) is 2.77. The number of rotatable bonds is 5. The van der Waals surface area contributed by atoms with Crippen molar-refractivity contribution in [3.8, 4) is 0 Å². The third kappa shape index (κ3) is 4.65. The molecule has 0 atom stereocenters. The molecule has 0 bridgehead atoms. The first-order valence-electron chi connectivity index (χ1n) is 9.21. The van der Waals surface area contributed by atoms with Crippen LogP contribution in [0.2, 0.25) is 0 Å². The summed E-state index contributed by atoms with van der Waals surface area (Å²) < 4.78 is 67.6. The maximum atomic E-state index is 13.5. The molecule has 32 heavy (non-hydrogen) atoms. The lowest BCUT2D eigenvalue weighted by atomic mass is 10.2. The Hall–Kier alpha value is -3.66. The largest absolute Gasteiger partial charge is 0.473 e. The highest BCUT2D eigenvalue weighted by molar-refractivity contribution is 7.92. The molecule has 0 radical (unpaired) electrons. The van der Waals surface area contributed by atoms with E-state index in [4.69, 9.17) is 0 Å². The number of carbonyl (C=O) groups excluding carboxylic acids is 2. The van der Waals surface area contributed by atoms with Crippen molar-refractivity contribution in [3.63, 3.8) is 0 Å². The molecular weight excluding hydrogens is 445 g/mol. The predicted octanol–water partition coefficient (Wildman–Crippen LogP) is 4.34. The number of nitrogens with zero attached hydrogens (tertiary/aromatic N) is 2. The van der Waals surface area contributed by atoms with Gasteiger partial charge in [0.05, 0.1) is 10.6 Å². The van der Waals surface area contributed by atoms with Crippen molar-refractivity contribution in [2.75, 3.05) is 4.41 Å². The van der Waals surface area contributed by atoms with Gasteiger partial charge >= 0.3 is 12.1 Å². The monoisotopic (exact) mass is 462 g/mol. The molecule has 10 heteroatoms. The Labute approximate surface area is 182 Å². The third-order valence-electron chi connectivity index (χ3n) is 4.35. The summed E-state index contributed by atoms with van der Waals surface area (Å²) >= 11 is 0. The fourth-order valence-corrected chi connectivity index (χ4v) is 4.25. The number of anilines is 1. The van der Waals surface area contributed by atoms with Crippen LogP contribution in [0.25, 0.3) is 0 Å². The summed E-state index contributed by atoms with van der Waals surface area (Å²) in [6, 6.07) is 18.5. The van der Waals surface area contributed by atoms with Crippen molar-refractivity contribution in [1.82, 2.24) is 5.01 Å². The lowest BCUT2D eigenvalue weighted by molar-refractivity contribution is -0.182. The molecule has 6 nitrogen and oxygen atoms in total. The van der Waals surface area contributed by atoms with Gasteiger partial charge in [-0.25, -0.2) is 0 Å². The summed E-state index contributed by atoms with van der Waals surface area (Å²) in [5, 5.41) is -0.389. The van der Waals surface area contributed by atoms with E-state index in [-0.39, 0.29) is 20.7 Å². The summed E-state index contributed by atoms with van der Waals surface area (Å²) in [4.78, 5) is 25.1. The molecule has 0 aliphatic heterocycles. The number of aryl methyl sites for hydroxylation is 1. The van der Waals surface area contributed by atoms with E-state index in [9.17, 15) is 31.2 Å². The number of imide groups is 1. The zero-order valence-corrected chi connectivity index (χ0v) is 17.5. The lowest BCUT2D eigenvalue weighted by Gasteiger charge is -2.34. The lowest BCUT2D eigenvalue weighted by Crippen LogP contribution is -2.57. The van der Waals surface area contributed by atoms with Crippen LogP contribution in [0.3, 0.4) is 0 Å². The number of alkyl halides is 3. The van der Waals surface area contributed by atoms with Crippen LogP contribution in [0.4, 0.5) is 18.9 Å². The number of halogens is 3. The van der Waals surface area contributed by atoms with Crippen LogP contribution >= 0.6 is 0 Å². The van der Waals surface area contributed by atoms with Crippen LogP contribution < -0.4 is 4.41 Å². The topological polar surface area (TPSA) is 74.8 Å². The number of carbonyl (C=O) groups is 2. The molecule has 3 aromatic rings. The highest BCUT2D eigenvalue weighted by Gasteiger charge is 2.50. The van der Waals surface area contributed by atoms with Gasteiger partial charge < -0.3 is 0 Å². The second-order valence-corrected chi connectivity index (χ2v) is 8.45. The van der Waals surface area contributed by atoms with E-state index in [1.165, 1.54) is 84.9 Å². The Morgan fingerprint density at radius 1 is 0.781 bits per heavy atom. The van der Waals surface area contributed by atoms with Gasteiger partial charge in [0.25, 0.3) is 15.9 Å². The first-order valence-corrected chi connectivity index (χ1v) is 10.6. The van der Waals surface area contributed by atoms with Gasteiger partial charge in [0.15, 0.2) is 0 Å². The van der Waals surface area contributed by atoms with Gasteiger partial charge in [0, 0.05) is 5.56 Å². The molecule has 3 aromatic carbocycles. The highest BCUT2D eigenvalue weighted by Crippen LogP contribution is 2.30. The van der Waals surface area contributed by atoms with E-state index in [0.29, 0.717) is 5.56 Å². The maximum Gasteiger partial charge on any atom is 0.473 e. The first-order chi connectivity index (χ1) is 15.0. The average molecular weight is 462 g/mol. The SMILES string of the molecule is Cc1ccc(S(=O)(=O)N(c2ccccc2)N(C(=O)c2ccccc2)C(=O)C(F)(F)F)cc1. The minimum absolute atomic E-state index is 0.0861. The molecule has 0 spiro atoms. The van der Waals surface area contributed by atoms with Gasteiger partial charge in [-0.15, -0.1) is 0 Å². The minimum Gasteiger partial charge on any atom is -0.267 e. The Kier molecular flexibility index (Phi) is 6.35. The van der Waals surface area contributed by atoms with Gasteiger partial charge in [-0.05, 0) is 43.3 Å². The molecule has 0 aliphatic carbocycles. The molecule has 166 valence electrons. The standard InChI is InChI=1S/C22H17F3N2O4S/c1-16-12-14-19(15-13-16)32(30,31)27(18-10-6-3-7-11-18)26(21(29)22(23,24)25)20(28)17-8-4-2-5-9-17/h2-15H,1H3. The first kappa shape index (κ1) is 23.0. The van der Waals surface area contributed by atoms with Crippen LogP contribution in [-0.2, 0) is 14.8 Å². The van der Waals surface area contributed by atoms with Crippen molar-refractivity contribution in [3.05, 3.63) is 96.1 Å². The summed E-state index contributed by atoms with van der Waals surface area (Å²) in [5.41, 5.74) is 0.0823. The molecule has 0 N–H and O–H groups in total. The zero-order valence-electron chi connectivity index (χ0n) is 16.7.